The molecule has 0 N–H and O–H groups in total. The standard InChI is InChI=1S/C33H37N3O4S/c1-33(2,3)24-10-6-22(7-11-24)31(38)35-19-26-27(20-35)28(26)21-36(32(39)29-5-4-18-41-29)25-12-8-23(9-13-25)30(37)34-14-16-40-17-15-34/h4-13,18,26-28H,14-17,19-21H2,1-3H3. The van der Waals surface area contributed by atoms with Crippen LogP contribution in [0.3, 0.4) is 0 Å². The van der Waals surface area contributed by atoms with Crippen LogP contribution in [0.25, 0.3) is 0 Å². The molecular formula is C33H37N3O4S. The monoisotopic (exact) mass is 571 g/mol. The molecule has 2 aliphatic heterocycles. The number of ether oxygens (including phenoxy) is 1. The Hall–Kier alpha value is -3.49. The van der Waals surface area contributed by atoms with Gasteiger partial charge in [-0.25, -0.2) is 0 Å². The highest BCUT2D eigenvalue weighted by Gasteiger charge is 2.57. The first-order valence-electron chi connectivity index (χ1n) is 14.4. The number of fused-ring (bicyclic) bond motifs is 1. The smallest absolute Gasteiger partial charge is 0.268 e. The summed E-state index contributed by atoms with van der Waals surface area (Å²) in [6, 6.07) is 19.2. The number of likely N-dealkylation sites (tertiary alicyclic amines) is 1. The number of morpholine rings is 1. The zero-order chi connectivity index (χ0) is 28.7. The van der Waals surface area contributed by atoms with Crippen LogP contribution in [-0.4, -0.2) is 73.5 Å². The van der Waals surface area contributed by atoms with E-state index in [9.17, 15) is 14.4 Å². The van der Waals surface area contributed by atoms with Crippen LogP contribution in [0.5, 0.6) is 0 Å². The predicted molar refractivity (Wildman–Crippen MR) is 161 cm³/mol. The molecule has 3 heterocycles. The molecule has 1 aromatic heterocycles. The van der Waals surface area contributed by atoms with E-state index in [1.807, 2.05) is 68.6 Å². The van der Waals surface area contributed by atoms with Gasteiger partial charge in [-0.05, 0) is 76.6 Å². The van der Waals surface area contributed by atoms with Gasteiger partial charge < -0.3 is 19.4 Å². The molecule has 3 amide bonds. The van der Waals surface area contributed by atoms with Gasteiger partial charge in [0, 0.05) is 49.5 Å². The number of piperidine rings is 1. The average Bonchev–Trinajstić information content (AvgIpc) is 3.38. The minimum atomic E-state index is -0.0240. The summed E-state index contributed by atoms with van der Waals surface area (Å²) in [5.74, 6) is 1.20. The Labute approximate surface area is 245 Å². The summed E-state index contributed by atoms with van der Waals surface area (Å²) in [6.45, 7) is 10.9. The second-order valence-electron chi connectivity index (χ2n) is 12.4. The number of carbonyl (C=O) groups is 3. The number of carbonyl (C=O) groups excluding carboxylic acids is 3. The zero-order valence-electron chi connectivity index (χ0n) is 23.9. The number of nitrogens with zero attached hydrogens (tertiary/aromatic N) is 3. The first-order chi connectivity index (χ1) is 19.7. The van der Waals surface area contributed by atoms with Crippen LogP contribution < -0.4 is 4.90 Å². The average molecular weight is 572 g/mol. The fraction of sp³-hybridized carbons (Fsp3) is 0.424. The van der Waals surface area contributed by atoms with Gasteiger partial charge in [-0.15, -0.1) is 11.3 Å². The lowest BCUT2D eigenvalue weighted by Crippen LogP contribution is -2.40. The molecule has 3 aliphatic rings. The zero-order valence-corrected chi connectivity index (χ0v) is 24.7. The third-order valence-corrected chi connectivity index (χ3v) is 9.61. The Morgan fingerprint density at radius 1 is 0.854 bits per heavy atom. The van der Waals surface area contributed by atoms with Gasteiger partial charge in [-0.1, -0.05) is 39.0 Å². The lowest BCUT2D eigenvalue weighted by Gasteiger charge is -2.27. The minimum Gasteiger partial charge on any atom is -0.378 e. The molecule has 2 atom stereocenters. The van der Waals surface area contributed by atoms with Crippen molar-refractivity contribution >= 4 is 34.7 Å². The third kappa shape index (κ3) is 5.68. The lowest BCUT2D eigenvalue weighted by molar-refractivity contribution is 0.0303. The number of anilines is 1. The van der Waals surface area contributed by atoms with Crippen molar-refractivity contribution in [1.29, 1.82) is 0 Å². The number of amides is 3. The van der Waals surface area contributed by atoms with Gasteiger partial charge in [-0.2, -0.15) is 0 Å². The van der Waals surface area contributed by atoms with Crippen molar-refractivity contribution in [2.45, 2.75) is 26.2 Å². The number of hydrogen-bond acceptors (Lipinski definition) is 5. The van der Waals surface area contributed by atoms with E-state index in [-0.39, 0.29) is 23.1 Å². The molecule has 2 saturated heterocycles. The van der Waals surface area contributed by atoms with Crippen LogP contribution in [0.4, 0.5) is 5.69 Å². The van der Waals surface area contributed by atoms with E-state index in [1.165, 1.54) is 16.9 Å². The maximum absolute atomic E-state index is 13.6. The summed E-state index contributed by atoms with van der Waals surface area (Å²) in [5.41, 5.74) is 3.41. The summed E-state index contributed by atoms with van der Waals surface area (Å²) >= 11 is 1.44. The van der Waals surface area contributed by atoms with E-state index >= 15 is 0 Å². The van der Waals surface area contributed by atoms with E-state index in [4.69, 9.17) is 4.74 Å². The van der Waals surface area contributed by atoms with Gasteiger partial charge in [0.25, 0.3) is 17.7 Å². The SMILES string of the molecule is CC(C)(C)c1ccc(C(=O)N2CC3C(C2)C3CN(C(=O)c2cccs2)c2ccc(C(=O)N3CCOCC3)cc2)cc1. The van der Waals surface area contributed by atoms with E-state index < -0.39 is 0 Å². The molecule has 0 spiro atoms. The topological polar surface area (TPSA) is 70.2 Å². The molecule has 2 aromatic carbocycles. The molecule has 7 nitrogen and oxygen atoms in total. The fourth-order valence-electron chi connectivity index (χ4n) is 6.16. The van der Waals surface area contributed by atoms with Gasteiger partial charge in [0.15, 0.2) is 0 Å². The van der Waals surface area contributed by atoms with Crippen LogP contribution >= 0.6 is 11.3 Å². The third-order valence-electron chi connectivity index (χ3n) is 8.75. The van der Waals surface area contributed by atoms with Crippen LogP contribution in [0.2, 0.25) is 0 Å². The number of hydrogen-bond donors (Lipinski definition) is 0. The first kappa shape index (κ1) is 27.7. The molecule has 3 aromatic rings. The molecule has 2 unspecified atom stereocenters. The van der Waals surface area contributed by atoms with E-state index in [0.717, 1.165) is 24.3 Å². The van der Waals surface area contributed by atoms with Crippen molar-refractivity contribution in [2.24, 2.45) is 17.8 Å². The molecule has 1 saturated carbocycles. The normalized spacial score (nSPS) is 21.9. The first-order valence-corrected chi connectivity index (χ1v) is 15.3. The molecule has 41 heavy (non-hydrogen) atoms. The van der Waals surface area contributed by atoms with Crippen LogP contribution in [0.15, 0.2) is 66.0 Å². The lowest BCUT2D eigenvalue weighted by atomic mass is 9.86. The number of thiophene rings is 1. The van der Waals surface area contributed by atoms with Crippen molar-refractivity contribution in [2.75, 3.05) is 50.8 Å². The second kappa shape index (κ2) is 11.1. The largest absolute Gasteiger partial charge is 0.378 e. The maximum atomic E-state index is 13.6. The molecule has 214 valence electrons. The van der Waals surface area contributed by atoms with Crippen molar-refractivity contribution in [3.05, 3.63) is 87.6 Å². The minimum absolute atomic E-state index is 0.00878. The van der Waals surface area contributed by atoms with E-state index in [1.54, 1.807) is 0 Å². The molecule has 0 radical (unpaired) electrons. The Balaban J connectivity index is 1.12. The van der Waals surface area contributed by atoms with Crippen LogP contribution in [-0.2, 0) is 10.2 Å². The second-order valence-corrected chi connectivity index (χ2v) is 13.3. The highest BCUT2D eigenvalue weighted by atomic mass is 32.1. The molecule has 3 fully saturated rings. The Kier molecular flexibility index (Phi) is 7.47. The highest BCUT2D eigenvalue weighted by Crippen LogP contribution is 2.52. The van der Waals surface area contributed by atoms with E-state index in [0.29, 0.717) is 61.0 Å². The summed E-state index contributed by atoms with van der Waals surface area (Å²) in [5, 5.41) is 1.92. The Morgan fingerprint density at radius 2 is 1.44 bits per heavy atom. The van der Waals surface area contributed by atoms with Crippen molar-refractivity contribution in [1.82, 2.24) is 9.80 Å². The molecule has 1 aliphatic carbocycles. The highest BCUT2D eigenvalue weighted by molar-refractivity contribution is 7.12. The summed E-state index contributed by atoms with van der Waals surface area (Å²) in [4.78, 5) is 46.1. The maximum Gasteiger partial charge on any atom is 0.268 e. The van der Waals surface area contributed by atoms with Gasteiger partial charge in [0.05, 0.1) is 18.1 Å². The molecular weight excluding hydrogens is 534 g/mol. The summed E-state index contributed by atoms with van der Waals surface area (Å²) in [6.07, 6.45) is 0. The summed E-state index contributed by atoms with van der Waals surface area (Å²) in [7, 11) is 0. The summed E-state index contributed by atoms with van der Waals surface area (Å²) < 4.78 is 5.37. The van der Waals surface area contributed by atoms with Crippen LogP contribution in [0.1, 0.15) is 56.7 Å². The quantitative estimate of drug-likeness (QED) is 0.409. The van der Waals surface area contributed by atoms with Crippen molar-refractivity contribution in [3.8, 4) is 0 Å². The van der Waals surface area contributed by atoms with E-state index in [2.05, 4.69) is 32.9 Å². The number of rotatable bonds is 6. The van der Waals surface area contributed by atoms with Crippen molar-refractivity contribution in [3.63, 3.8) is 0 Å². The molecule has 6 rings (SSSR count). The Bertz CT molecular complexity index is 1390. The van der Waals surface area contributed by atoms with Gasteiger partial charge >= 0.3 is 0 Å². The van der Waals surface area contributed by atoms with Crippen molar-refractivity contribution < 1.29 is 19.1 Å². The van der Waals surface area contributed by atoms with Gasteiger partial charge in [0.1, 0.15) is 0 Å². The van der Waals surface area contributed by atoms with Gasteiger partial charge in [0.2, 0.25) is 0 Å². The molecule has 0 bridgehead atoms. The van der Waals surface area contributed by atoms with Crippen LogP contribution in [0, 0.1) is 17.8 Å². The fourth-order valence-corrected chi connectivity index (χ4v) is 6.84. The Morgan fingerprint density at radius 3 is 2.00 bits per heavy atom. The van der Waals surface area contributed by atoms with Gasteiger partial charge in [-0.3, -0.25) is 14.4 Å². The molecule has 8 heteroatoms. The predicted octanol–water partition coefficient (Wildman–Crippen LogP) is 5.18. The number of benzene rings is 2.